The number of benzene rings is 1. The van der Waals surface area contributed by atoms with Gasteiger partial charge in [-0.15, -0.1) is 0 Å². The Morgan fingerprint density at radius 3 is 2.29 bits per heavy atom. The Kier molecular flexibility index (Phi) is 3.08. The number of carbonyl (C=O) groups excluding carboxylic acids is 3. The fourth-order valence-electron chi connectivity index (χ4n) is 5.47. The molecule has 1 aromatic carbocycles. The van der Waals surface area contributed by atoms with Crippen molar-refractivity contribution in [2.75, 3.05) is 4.90 Å². The third kappa shape index (κ3) is 2.00. The summed E-state index contributed by atoms with van der Waals surface area (Å²) in [5.74, 6) is 0.0117. The molecule has 2 aromatic rings. The normalized spacial score (nSPS) is 34.4. The summed E-state index contributed by atoms with van der Waals surface area (Å²) in [7, 11) is 0. The lowest BCUT2D eigenvalue weighted by Crippen LogP contribution is -2.40. The second kappa shape index (κ2) is 5.44. The minimum Gasteiger partial charge on any atom is -0.457 e. The van der Waals surface area contributed by atoms with Gasteiger partial charge in [0.25, 0.3) is 0 Å². The Balaban J connectivity index is 1.36. The van der Waals surface area contributed by atoms with Crippen LogP contribution >= 0.6 is 0 Å². The van der Waals surface area contributed by atoms with Crippen molar-refractivity contribution >= 4 is 23.5 Å². The fraction of sp³-hybridized carbons (Fsp3) is 0.318. The molecule has 3 fully saturated rings. The van der Waals surface area contributed by atoms with E-state index in [0.29, 0.717) is 17.5 Å². The quantitative estimate of drug-likeness (QED) is 0.357. The van der Waals surface area contributed by atoms with E-state index < -0.39 is 5.97 Å². The Bertz CT molecular complexity index is 1000. The molecule has 7 rings (SSSR count). The van der Waals surface area contributed by atoms with E-state index in [-0.39, 0.29) is 47.0 Å². The lowest BCUT2D eigenvalue weighted by molar-refractivity contribution is -0.124. The highest BCUT2D eigenvalue weighted by Crippen LogP contribution is 2.65. The molecule has 2 amide bonds. The zero-order chi connectivity index (χ0) is 19.0. The predicted octanol–water partition coefficient (Wildman–Crippen LogP) is 3.06. The molecule has 0 radical (unpaired) electrons. The summed E-state index contributed by atoms with van der Waals surface area (Å²) in [6.45, 7) is 0. The summed E-state index contributed by atoms with van der Waals surface area (Å²) >= 11 is 0. The van der Waals surface area contributed by atoms with Crippen LogP contribution in [0.1, 0.15) is 17.0 Å². The monoisotopic (exact) mass is 375 g/mol. The van der Waals surface area contributed by atoms with Gasteiger partial charge in [-0.2, -0.15) is 0 Å². The molecule has 1 aliphatic heterocycles. The summed E-state index contributed by atoms with van der Waals surface area (Å²) in [4.78, 5) is 40.1. The van der Waals surface area contributed by atoms with Gasteiger partial charge >= 0.3 is 5.97 Å². The summed E-state index contributed by atoms with van der Waals surface area (Å²) in [6, 6.07) is 9.76. The Morgan fingerprint density at radius 2 is 1.64 bits per heavy atom. The van der Waals surface area contributed by atoms with E-state index >= 15 is 0 Å². The van der Waals surface area contributed by atoms with Crippen molar-refractivity contribution in [3.63, 3.8) is 0 Å². The molecule has 1 aromatic heterocycles. The molecule has 0 spiro atoms. The van der Waals surface area contributed by atoms with Crippen LogP contribution in [-0.2, 0) is 9.59 Å². The molecule has 6 nitrogen and oxygen atoms in total. The number of nitrogens with zero attached hydrogens (tertiary/aromatic N) is 1. The SMILES string of the molecule is O=C(Oc1ccccc1N1C(=O)C2C3C=CC(C4CC34)C2C1=O)c1ccco1. The van der Waals surface area contributed by atoms with Gasteiger partial charge in [-0.3, -0.25) is 9.59 Å². The second-order valence-corrected chi connectivity index (χ2v) is 8.00. The van der Waals surface area contributed by atoms with Gasteiger partial charge in [-0.1, -0.05) is 24.3 Å². The van der Waals surface area contributed by atoms with Crippen LogP contribution in [0.25, 0.3) is 0 Å². The molecule has 6 unspecified atom stereocenters. The van der Waals surface area contributed by atoms with E-state index in [1.165, 1.54) is 17.2 Å². The molecule has 2 saturated carbocycles. The lowest BCUT2D eigenvalue weighted by atomic mass is 9.63. The van der Waals surface area contributed by atoms with Gasteiger partial charge in [0.1, 0.15) is 0 Å². The standard InChI is InChI=1S/C22H17NO5/c24-20-18-11-7-8-12(14-10-13(11)14)19(18)21(25)23(20)15-4-1-2-5-16(15)28-22(26)17-6-3-9-27-17/h1-9,11-14,18-19H,10H2. The van der Waals surface area contributed by atoms with E-state index in [1.807, 2.05) is 0 Å². The second-order valence-electron chi connectivity index (χ2n) is 8.00. The predicted molar refractivity (Wildman–Crippen MR) is 97.3 cm³/mol. The van der Waals surface area contributed by atoms with Crippen molar-refractivity contribution < 1.29 is 23.5 Å². The van der Waals surface area contributed by atoms with Crippen LogP contribution in [0.4, 0.5) is 5.69 Å². The number of furan rings is 1. The number of para-hydroxylation sites is 2. The zero-order valence-electron chi connectivity index (χ0n) is 14.9. The summed E-state index contributed by atoms with van der Waals surface area (Å²) in [5.41, 5.74) is 0.319. The first-order chi connectivity index (χ1) is 13.6. The van der Waals surface area contributed by atoms with Crippen LogP contribution < -0.4 is 9.64 Å². The molecule has 5 aliphatic rings. The molecule has 1 saturated heterocycles. The topological polar surface area (TPSA) is 76.8 Å². The number of rotatable bonds is 3. The number of allylic oxidation sites excluding steroid dienone is 2. The van der Waals surface area contributed by atoms with Gasteiger partial charge in [0.15, 0.2) is 5.75 Å². The van der Waals surface area contributed by atoms with E-state index in [4.69, 9.17) is 9.15 Å². The molecule has 2 bridgehead atoms. The third-order valence-corrected chi connectivity index (χ3v) is 6.69. The first kappa shape index (κ1) is 15.9. The van der Waals surface area contributed by atoms with Crippen LogP contribution in [0, 0.1) is 35.5 Å². The smallest absolute Gasteiger partial charge is 0.379 e. The average Bonchev–Trinajstić information content (AvgIpc) is 3.27. The number of hydrogen-bond donors (Lipinski definition) is 0. The first-order valence-electron chi connectivity index (χ1n) is 9.56. The highest BCUT2D eigenvalue weighted by molar-refractivity contribution is 6.23. The van der Waals surface area contributed by atoms with Gasteiger partial charge in [0.05, 0.1) is 23.8 Å². The maximum absolute atomic E-state index is 13.3. The van der Waals surface area contributed by atoms with Crippen molar-refractivity contribution in [2.45, 2.75) is 6.42 Å². The van der Waals surface area contributed by atoms with Crippen LogP contribution in [-0.4, -0.2) is 17.8 Å². The third-order valence-electron chi connectivity index (χ3n) is 6.69. The van der Waals surface area contributed by atoms with Crippen molar-refractivity contribution in [1.82, 2.24) is 0 Å². The van der Waals surface area contributed by atoms with Crippen LogP contribution in [0.5, 0.6) is 5.75 Å². The molecule has 28 heavy (non-hydrogen) atoms. The van der Waals surface area contributed by atoms with Gasteiger partial charge in [-0.25, -0.2) is 9.69 Å². The molecule has 6 heteroatoms. The molecular formula is C22H17NO5. The lowest BCUT2D eigenvalue weighted by Gasteiger charge is -2.37. The minimum atomic E-state index is -0.669. The maximum Gasteiger partial charge on any atom is 0.379 e. The van der Waals surface area contributed by atoms with E-state index in [2.05, 4.69) is 12.2 Å². The van der Waals surface area contributed by atoms with Crippen molar-refractivity contribution in [1.29, 1.82) is 0 Å². The Labute approximate surface area is 160 Å². The number of hydrogen-bond acceptors (Lipinski definition) is 5. The summed E-state index contributed by atoms with van der Waals surface area (Å²) < 4.78 is 10.5. The van der Waals surface area contributed by atoms with Crippen LogP contribution in [0.15, 0.2) is 59.2 Å². The fourth-order valence-corrected chi connectivity index (χ4v) is 5.47. The van der Waals surface area contributed by atoms with Gasteiger partial charge < -0.3 is 9.15 Å². The molecule has 6 atom stereocenters. The number of carbonyl (C=O) groups is 3. The maximum atomic E-state index is 13.3. The molecule has 4 aliphatic carbocycles. The van der Waals surface area contributed by atoms with E-state index in [1.54, 1.807) is 30.3 Å². The van der Waals surface area contributed by atoms with E-state index in [9.17, 15) is 14.4 Å². The highest BCUT2D eigenvalue weighted by Gasteiger charge is 2.67. The number of esters is 1. The number of ether oxygens (including phenoxy) is 1. The Hall–Kier alpha value is -3.15. The minimum absolute atomic E-state index is 0.0601. The van der Waals surface area contributed by atoms with E-state index in [0.717, 1.165) is 6.42 Å². The summed E-state index contributed by atoms with van der Waals surface area (Å²) in [5, 5.41) is 0. The van der Waals surface area contributed by atoms with Crippen molar-refractivity contribution in [3.05, 3.63) is 60.6 Å². The summed E-state index contributed by atoms with van der Waals surface area (Å²) in [6.07, 6.45) is 6.77. The van der Waals surface area contributed by atoms with Gasteiger partial charge in [0, 0.05) is 0 Å². The molecule has 2 heterocycles. The highest BCUT2D eigenvalue weighted by atomic mass is 16.5. The zero-order valence-corrected chi connectivity index (χ0v) is 14.9. The first-order valence-corrected chi connectivity index (χ1v) is 9.56. The largest absolute Gasteiger partial charge is 0.457 e. The van der Waals surface area contributed by atoms with Crippen molar-refractivity contribution in [2.24, 2.45) is 35.5 Å². The molecule has 140 valence electrons. The molecule has 0 N–H and O–H groups in total. The average molecular weight is 375 g/mol. The van der Waals surface area contributed by atoms with Gasteiger partial charge in [0.2, 0.25) is 17.6 Å². The van der Waals surface area contributed by atoms with Gasteiger partial charge in [-0.05, 0) is 54.4 Å². The van der Waals surface area contributed by atoms with Crippen molar-refractivity contribution in [3.8, 4) is 5.75 Å². The Morgan fingerprint density at radius 1 is 0.964 bits per heavy atom. The number of imide groups is 1. The molecular weight excluding hydrogens is 358 g/mol. The van der Waals surface area contributed by atoms with Crippen LogP contribution in [0.3, 0.4) is 0 Å². The number of amides is 2. The van der Waals surface area contributed by atoms with Crippen LogP contribution in [0.2, 0.25) is 0 Å². The number of anilines is 1.